The van der Waals surface area contributed by atoms with Crippen LogP contribution in [-0.4, -0.2) is 5.91 Å². The number of carbonyl (C=O) groups excluding carboxylic acids is 1. The molecule has 0 aliphatic rings. The summed E-state index contributed by atoms with van der Waals surface area (Å²) >= 11 is 9.32. The molecule has 19 heavy (non-hydrogen) atoms. The highest BCUT2D eigenvalue weighted by atomic mass is 79.9. The van der Waals surface area contributed by atoms with Crippen LogP contribution in [0.15, 0.2) is 46.9 Å². The predicted molar refractivity (Wildman–Crippen MR) is 78.3 cm³/mol. The largest absolute Gasteiger partial charge is 0.321 e. The summed E-state index contributed by atoms with van der Waals surface area (Å²) < 4.78 is 0.835. The summed E-state index contributed by atoms with van der Waals surface area (Å²) in [6.07, 6.45) is 0. The molecular formula is C14H8BrClN2O. The number of amides is 1. The van der Waals surface area contributed by atoms with E-state index in [4.69, 9.17) is 16.9 Å². The molecule has 0 aliphatic heterocycles. The van der Waals surface area contributed by atoms with Crippen molar-refractivity contribution in [1.29, 1.82) is 5.26 Å². The van der Waals surface area contributed by atoms with Crippen LogP contribution in [0.3, 0.4) is 0 Å². The van der Waals surface area contributed by atoms with Crippen molar-refractivity contribution in [3.63, 3.8) is 0 Å². The molecule has 3 nitrogen and oxygen atoms in total. The lowest BCUT2D eigenvalue weighted by molar-refractivity contribution is 0.102. The lowest BCUT2D eigenvalue weighted by atomic mass is 10.1. The molecule has 0 fully saturated rings. The van der Waals surface area contributed by atoms with Gasteiger partial charge in [-0.15, -0.1) is 0 Å². The summed E-state index contributed by atoms with van der Waals surface area (Å²) in [7, 11) is 0. The zero-order valence-electron chi connectivity index (χ0n) is 9.65. The molecule has 0 aromatic heterocycles. The maximum absolute atomic E-state index is 12.0. The Kier molecular flexibility index (Phi) is 4.20. The van der Waals surface area contributed by atoms with Crippen LogP contribution in [0.25, 0.3) is 0 Å². The van der Waals surface area contributed by atoms with Crippen LogP contribution < -0.4 is 5.32 Å². The van der Waals surface area contributed by atoms with Crippen LogP contribution in [0, 0.1) is 11.3 Å². The van der Waals surface area contributed by atoms with Crippen molar-refractivity contribution < 1.29 is 4.79 Å². The maximum Gasteiger partial charge on any atom is 0.255 e. The van der Waals surface area contributed by atoms with Crippen LogP contribution in [0.2, 0.25) is 5.02 Å². The van der Waals surface area contributed by atoms with Gasteiger partial charge in [-0.25, -0.2) is 0 Å². The SMILES string of the molecule is N#Cc1cccc(C(=O)Nc2ccc(Br)cc2Cl)c1. The molecule has 1 N–H and O–H groups in total. The quantitative estimate of drug-likeness (QED) is 0.893. The Labute approximate surface area is 123 Å². The lowest BCUT2D eigenvalue weighted by Crippen LogP contribution is -2.12. The predicted octanol–water partition coefficient (Wildman–Crippen LogP) is 4.23. The summed E-state index contributed by atoms with van der Waals surface area (Å²) in [5, 5.41) is 11.9. The molecule has 1 amide bonds. The van der Waals surface area contributed by atoms with Gasteiger partial charge < -0.3 is 5.32 Å². The fourth-order valence-electron chi connectivity index (χ4n) is 1.52. The fraction of sp³-hybridized carbons (Fsp3) is 0. The summed E-state index contributed by atoms with van der Waals surface area (Å²) in [5.74, 6) is -0.304. The molecule has 94 valence electrons. The van der Waals surface area contributed by atoms with E-state index >= 15 is 0 Å². The first-order chi connectivity index (χ1) is 9.10. The van der Waals surface area contributed by atoms with Crippen molar-refractivity contribution in [1.82, 2.24) is 0 Å². The first kappa shape index (κ1) is 13.6. The zero-order valence-corrected chi connectivity index (χ0v) is 12.0. The molecule has 0 atom stereocenters. The van der Waals surface area contributed by atoms with Crippen molar-refractivity contribution in [3.05, 3.63) is 63.1 Å². The summed E-state index contributed by atoms with van der Waals surface area (Å²) in [6.45, 7) is 0. The van der Waals surface area contributed by atoms with E-state index in [1.165, 1.54) is 6.07 Å². The number of anilines is 1. The maximum atomic E-state index is 12.0. The van der Waals surface area contributed by atoms with Crippen LogP contribution in [0.5, 0.6) is 0 Å². The van der Waals surface area contributed by atoms with Crippen LogP contribution in [0.1, 0.15) is 15.9 Å². The third-order valence-corrected chi connectivity index (χ3v) is 3.24. The van der Waals surface area contributed by atoms with Crippen molar-refractivity contribution in [2.45, 2.75) is 0 Å². The van der Waals surface area contributed by atoms with E-state index in [9.17, 15) is 4.79 Å². The van der Waals surface area contributed by atoms with Gasteiger partial charge in [0.05, 0.1) is 22.3 Å². The molecule has 2 aromatic carbocycles. The number of nitriles is 1. The van der Waals surface area contributed by atoms with Crippen LogP contribution in [-0.2, 0) is 0 Å². The molecule has 0 radical (unpaired) electrons. The smallest absolute Gasteiger partial charge is 0.255 e. The molecule has 0 bridgehead atoms. The third-order valence-electron chi connectivity index (χ3n) is 2.43. The number of benzene rings is 2. The molecule has 0 spiro atoms. The van der Waals surface area contributed by atoms with Gasteiger partial charge in [0.15, 0.2) is 0 Å². The van der Waals surface area contributed by atoms with E-state index in [-0.39, 0.29) is 5.91 Å². The molecule has 2 aromatic rings. The number of halogens is 2. The Morgan fingerprint density at radius 2 is 2.05 bits per heavy atom. The van der Waals surface area contributed by atoms with Gasteiger partial charge in [-0.1, -0.05) is 33.6 Å². The van der Waals surface area contributed by atoms with Gasteiger partial charge in [0, 0.05) is 10.0 Å². The molecule has 0 saturated carbocycles. The second-order valence-corrected chi connectivity index (χ2v) is 5.09. The molecule has 5 heteroatoms. The Bertz CT molecular complexity index is 679. The number of hydrogen-bond donors (Lipinski definition) is 1. The normalized spacial score (nSPS) is 9.74. The molecule has 0 unspecified atom stereocenters. The zero-order chi connectivity index (χ0) is 13.8. The first-order valence-electron chi connectivity index (χ1n) is 5.37. The molecule has 0 saturated heterocycles. The standard InChI is InChI=1S/C14H8BrClN2O/c15-11-4-5-13(12(16)7-11)18-14(19)10-3-1-2-9(6-10)8-17/h1-7H,(H,18,19). The highest BCUT2D eigenvalue weighted by Crippen LogP contribution is 2.26. The minimum absolute atomic E-state index is 0.304. The van der Waals surface area contributed by atoms with Crippen LogP contribution >= 0.6 is 27.5 Å². The van der Waals surface area contributed by atoms with Gasteiger partial charge in [0.25, 0.3) is 5.91 Å². The number of nitrogens with zero attached hydrogens (tertiary/aromatic N) is 1. The van der Waals surface area contributed by atoms with E-state index in [0.29, 0.717) is 21.8 Å². The topological polar surface area (TPSA) is 52.9 Å². The minimum Gasteiger partial charge on any atom is -0.321 e. The summed E-state index contributed by atoms with van der Waals surface area (Å²) in [5.41, 5.74) is 1.38. The van der Waals surface area contributed by atoms with Gasteiger partial charge >= 0.3 is 0 Å². The van der Waals surface area contributed by atoms with Crippen LogP contribution in [0.4, 0.5) is 5.69 Å². The van der Waals surface area contributed by atoms with Gasteiger partial charge in [-0.2, -0.15) is 5.26 Å². The van der Waals surface area contributed by atoms with Gasteiger partial charge in [-0.3, -0.25) is 4.79 Å². The Morgan fingerprint density at radius 1 is 1.26 bits per heavy atom. The van der Waals surface area contributed by atoms with Crippen molar-refractivity contribution in [2.75, 3.05) is 5.32 Å². The van der Waals surface area contributed by atoms with E-state index < -0.39 is 0 Å². The van der Waals surface area contributed by atoms with E-state index in [1.54, 1.807) is 36.4 Å². The monoisotopic (exact) mass is 334 g/mol. The van der Waals surface area contributed by atoms with E-state index in [0.717, 1.165) is 4.47 Å². The lowest BCUT2D eigenvalue weighted by Gasteiger charge is -2.07. The van der Waals surface area contributed by atoms with E-state index in [1.807, 2.05) is 6.07 Å². The van der Waals surface area contributed by atoms with Crippen molar-refractivity contribution in [3.8, 4) is 6.07 Å². The Balaban J connectivity index is 2.23. The molecule has 0 heterocycles. The second kappa shape index (κ2) is 5.87. The number of carbonyl (C=O) groups is 1. The molecule has 2 rings (SSSR count). The first-order valence-corrected chi connectivity index (χ1v) is 6.54. The van der Waals surface area contributed by atoms with Gasteiger partial charge in [-0.05, 0) is 36.4 Å². The summed E-state index contributed by atoms with van der Waals surface area (Å²) in [4.78, 5) is 12.0. The minimum atomic E-state index is -0.304. The van der Waals surface area contributed by atoms with Crippen molar-refractivity contribution in [2.24, 2.45) is 0 Å². The van der Waals surface area contributed by atoms with Gasteiger partial charge in [0.2, 0.25) is 0 Å². The molecular weight excluding hydrogens is 328 g/mol. The van der Waals surface area contributed by atoms with Gasteiger partial charge in [0.1, 0.15) is 0 Å². The third kappa shape index (κ3) is 3.34. The summed E-state index contributed by atoms with van der Waals surface area (Å²) in [6, 6.07) is 13.7. The number of hydrogen-bond acceptors (Lipinski definition) is 2. The Morgan fingerprint density at radius 3 is 2.74 bits per heavy atom. The number of rotatable bonds is 2. The van der Waals surface area contributed by atoms with Crippen molar-refractivity contribution >= 4 is 39.1 Å². The number of nitrogens with one attached hydrogen (secondary N) is 1. The fourth-order valence-corrected chi connectivity index (χ4v) is 2.24. The van der Waals surface area contributed by atoms with E-state index in [2.05, 4.69) is 21.2 Å². The molecule has 0 aliphatic carbocycles. The second-order valence-electron chi connectivity index (χ2n) is 3.77. The average molecular weight is 336 g/mol. The average Bonchev–Trinajstić information content (AvgIpc) is 2.42. The Hall–Kier alpha value is -1.83. The highest BCUT2D eigenvalue weighted by Gasteiger charge is 2.09. The highest BCUT2D eigenvalue weighted by molar-refractivity contribution is 9.10.